The molecule has 232 valence electrons. The second-order valence-electron chi connectivity index (χ2n) is 9.36. The summed E-state index contributed by atoms with van der Waals surface area (Å²) in [5.41, 5.74) is 6.92. The zero-order chi connectivity index (χ0) is 32.5. The van der Waals surface area contributed by atoms with Crippen molar-refractivity contribution in [1.29, 1.82) is 0 Å². The Morgan fingerprint density at radius 1 is 0.750 bits per heavy atom. The van der Waals surface area contributed by atoms with Crippen LogP contribution < -0.4 is 67.6 Å². The van der Waals surface area contributed by atoms with Gasteiger partial charge in [0.25, 0.3) is 0 Å². The molecule has 5 aromatic carbocycles. The maximum absolute atomic E-state index is 11.8. The van der Waals surface area contributed by atoms with Crippen molar-refractivity contribution in [3.8, 4) is 5.75 Å². The van der Waals surface area contributed by atoms with Gasteiger partial charge in [-0.25, -0.2) is 16.8 Å². The van der Waals surface area contributed by atoms with Crippen LogP contribution in [-0.4, -0.2) is 31.0 Å². The van der Waals surface area contributed by atoms with E-state index in [0.29, 0.717) is 28.8 Å². The molecule has 0 atom stereocenters. The number of phenols is 1. The summed E-state index contributed by atoms with van der Waals surface area (Å²) in [6.07, 6.45) is 0. The molecule has 21 heteroatoms. The predicted octanol–water partition coefficient (Wildman–Crippen LogP) is -3.53. The number of nitrogens with two attached hydrogens (primary N) is 1. The summed E-state index contributed by atoms with van der Waals surface area (Å²) in [6, 6.07) is 16.9. The quantitative estimate of drug-likeness (QED) is 0.0291. The van der Waals surface area contributed by atoms with Gasteiger partial charge in [0.15, 0.2) is 5.75 Å². The summed E-state index contributed by atoms with van der Waals surface area (Å²) in [5, 5.41) is 42.1. The average Bonchev–Trinajstić information content (AvgIpc) is 2.98. The number of nitrogens with zero attached hydrogens (tertiary/aromatic N) is 4. The number of fused-ring (bicyclic) bond motifs is 2. The minimum atomic E-state index is -4.98. The number of azo groups is 2. The van der Waals surface area contributed by atoms with Crippen LogP contribution in [0.25, 0.3) is 21.5 Å². The summed E-state index contributed by atoms with van der Waals surface area (Å²) in [7, 11) is -9.85. The molecule has 0 aliphatic carbocycles. The minimum absolute atomic E-state index is 0. The van der Waals surface area contributed by atoms with Gasteiger partial charge in [-0.15, -0.1) is 15.3 Å². The first kappa shape index (κ1) is 41.4. The number of hydrogen-bond donors (Lipinski definition) is 2. The number of phenolic OH excluding ortho intramolecular Hbond substituents is 1. The predicted molar refractivity (Wildman–Crippen MR) is 157 cm³/mol. The fourth-order valence-corrected chi connectivity index (χ4v) is 5.88. The molecule has 3 N–H and O–H groups in total. The number of rotatable bonds is 9. The molecule has 0 saturated carbocycles. The molecule has 0 bridgehead atoms. The third kappa shape index (κ3) is 9.28. The van der Waals surface area contributed by atoms with Crippen molar-refractivity contribution < 1.29 is 102 Å². The van der Waals surface area contributed by atoms with Gasteiger partial charge in [-0.3, -0.25) is 5.04 Å². The van der Waals surface area contributed by atoms with Gasteiger partial charge >= 0.3 is 56.6 Å². The molecule has 0 spiro atoms. The Labute approximate surface area is 314 Å². The normalized spacial score (nSPS) is 11.8. The van der Waals surface area contributed by atoms with Crippen LogP contribution in [0.3, 0.4) is 0 Å². The summed E-state index contributed by atoms with van der Waals surface area (Å²) >= 11 is 0.291. The van der Waals surface area contributed by atoms with Gasteiger partial charge in [-0.1, -0.05) is 23.8 Å². The van der Waals surface area contributed by atoms with E-state index in [-0.39, 0.29) is 89.0 Å². The van der Waals surface area contributed by atoms with Gasteiger partial charge in [0.05, 0.1) is 43.8 Å². The maximum Gasteiger partial charge on any atom is 1.00 e. The Bertz CT molecular complexity index is 2260. The smallest absolute Gasteiger partial charge is 0.744 e. The van der Waals surface area contributed by atoms with Crippen LogP contribution in [0.1, 0.15) is 5.56 Å². The number of aryl methyl sites for hydroxylation is 1. The van der Waals surface area contributed by atoms with E-state index in [9.17, 15) is 36.3 Å². The monoisotopic (exact) mass is 689 g/mol. The molecule has 15 nitrogen and oxygen atoms in total. The summed E-state index contributed by atoms with van der Waals surface area (Å²) in [6.45, 7) is 1.92. The number of aromatic hydroxyl groups is 1. The van der Waals surface area contributed by atoms with Crippen molar-refractivity contribution in [2.75, 3.05) is 5.73 Å². The molecule has 5 aromatic rings. The minimum Gasteiger partial charge on any atom is -0.744 e. The fraction of sp³-hybridized carbons (Fsp3) is 0.0370. The second kappa shape index (κ2) is 16.8. The van der Waals surface area contributed by atoms with E-state index in [2.05, 4.69) is 29.8 Å². The van der Waals surface area contributed by atoms with E-state index >= 15 is 0 Å². The maximum atomic E-state index is 11.8. The van der Waals surface area contributed by atoms with Gasteiger partial charge in [0.1, 0.15) is 25.9 Å². The van der Waals surface area contributed by atoms with Crippen LogP contribution in [0, 0.1) is 6.92 Å². The third-order valence-electron chi connectivity index (χ3n) is 6.40. The van der Waals surface area contributed by atoms with Crippen LogP contribution in [0.5, 0.6) is 5.75 Å². The first-order valence-electron chi connectivity index (χ1n) is 12.4. The molecular weight excluding hydrogens is 671 g/mol. The van der Waals surface area contributed by atoms with Crippen molar-refractivity contribution >= 4 is 82.3 Å². The summed E-state index contributed by atoms with van der Waals surface area (Å²) in [4.78, 5) is -1.39. The van der Waals surface area contributed by atoms with Crippen LogP contribution in [0.4, 0.5) is 28.4 Å². The number of hydrogen-bond acceptors (Lipinski definition) is 16. The van der Waals surface area contributed by atoms with E-state index in [1.807, 2.05) is 19.1 Å². The Hall–Kier alpha value is -2.74. The number of anilines is 1. The average molecular weight is 689 g/mol. The molecule has 5 rings (SSSR count). The number of nitrogen functional groups attached to an aromatic ring is 1. The molecule has 0 amide bonds. The largest absolute Gasteiger partial charge is 1.00 e. The molecule has 48 heavy (non-hydrogen) atoms. The van der Waals surface area contributed by atoms with Gasteiger partial charge < -0.3 is 25.2 Å². The molecule has 0 aromatic heterocycles. The Morgan fingerprint density at radius 3 is 1.98 bits per heavy atom. The van der Waals surface area contributed by atoms with E-state index < -0.39 is 41.5 Å². The van der Waals surface area contributed by atoms with E-state index in [4.69, 9.17) is 5.73 Å². The third-order valence-corrected chi connectivity index (χ3v) is 8.74. The van der Waals surface area contributed by atoms with E-state index in [1.165, 1.54) is 24.3 Å². The van der Waals surface area contributed by atoms with Crippen LogP contribution in [0.2, 0.25) is 0 Å². The molecule has 0 aliphatic rings. The SMILES string of the molecule is Cc1ccc(N=Nc2ccc(N=Nc3c(SOO[O-])cc4cc(S(=O)(=O)[O-])c(N)cc4c3O)c3cc(S(=O)(=O)[O-])ccc23)cc1.[Li+].[Li+].[Li+]. The molecule has 0 saturated heterocycles. The molecule has 0 unspecified atom stereocenters. The topological polar surface area (TPSA) is 252 Å². The fourth-order valence-electron chi connectivity index (χ4n) is 4.27. The van der Waals surface area contributed by atoms with Gasteiger partial charge in [0, 0.05) is 21.8 Å². The molecular formula is C27H18Li3N5O10S3. The molecule has 0 aliphatic heterocycles. The Morgan fingerprint density at radius 2 is 1.38 bits per heavy atom. The van der Waals surface area contributed by atoms with E-state index in [0.717, 1.165) is 29.8 Å². The second-order valence-corrected chi connectivity index (χ2v) is 12.8. The van der Waals surface area contributed by atoms with Crippen molar-refractivity contribution in [2.45, 2.75) is 21.6 Å². The summed E-state index contributed by atoms with van der Waals surface area (Å²) < 4.78 is 74.6. The number of benzene rings is 5. The van der Waals surface area contributed by atoms with Crippen LogP contribution in [0.15, 0.2) is 108 Å². The first-order valence-corrected chi connectivity index (χ1v) is 15.9. The Kier molecular flexibility index (Phi) is 14.5. The van der Waals surface area contributed by atoms with E-state index in [1.54, 1.807) is 12.1 Å². The van der Waals surface area contributed by atoms with Crippen LogP contribution in [-0.2, 0) is 29.6 Å². The standard InChI is InChI=1S/C27H21N5O10S3.3Li/c1-14-2-4-16(5-3-14)29-30-22-8-9-23(20-12-17(44(35,36)37)6-7-18(20)22)31-32-26-24(43-42-41-34)10-15-11-25(45(38,39)40)21(28)13-19(15)27(26)33;;;/h2-13,33-34H,28H2,1H3,(H,35,36,37)(H,38,39,40);;;/q;3*+1/p-3. The summed E-state index contributed by atoms with van der Waals surface area (Å²) in [5.74, 6) is -0.592. The van der Waals surface area contributed by atoms with Gasteiger partial charge in [-0.05, 0) is 66.9 Å². The van der Waals surface area contributed by atoms with Crippen molar-refractivity contribution in [3.63, 3.8) is 0 Å². The zero-order valence-corrected chi connectivity index (χ0v) is 28.1. The van der Waals surface area contributed by atoms with Crippen molar-refractivity contribution in [2.24, 2.45) is 20.5 Å². The van der Waals surface area contributed by atoms with Crippen molar-refractivity contribution in [3.05, 3.63) is 78.4 Å². The molecule has 0 radical (unpaired) electrons. The zero-order valence-electron chi connectivity index (χ0n) is 25.6. The molecule has 0 fully saturated rings. The van der Waals surface area contributed by atoms with Gasteiger partial charge in [0.2, 0.25) is 0 Å². The van der Waals surface area contributed by atoms with Crippen molar-refractivity contribution in [1.82, 2.24) is 0 Å². The van der Waals surface area contributed by atoms with Crippen LogP contribution >= 0.6 is 12.0 Å². The molecule has 0 heterocycles. The Balaban J connectivity index is 0.00000267. The first-order chi connectivity index (χ1) is 21.3. The van der Waals surface area contributed by atoms with Gasteiger partial charge in [-0.2, -0.15) is 9.45 Å².